The third-order valence-electron chi connectivity index (χ3n) is 3.86. The molecule has 1 aromatic rings. The van der Waals surface area contributed by atoms with E-state index in [1.807, 2.05) is 0 Å². The zero-order valence-electron chi connectivity index (χ0n) is 15.4. The van der Waals surface area contributed by atoms with Crippen molar-refractivity contribution >= 4 is 41.3 Å². The SMILES string of the molecule is CN=C(NCCCOCC1CCOC1)NCc1csc(C(C)C)n1.I. The summed E-state index contributed by atoms with van der Waals surface area (Å²) in [5.41, 5.74) is 1.06. The lowest BCUT2D eigenvalue weighted by Gasteiger charge is -2.12. The van der Waals surface area contributed by atoms with Crippen LogP contribution in [0.5, 0.6) is 0 Å². The van der Waals surface area contributed by atoms with Crippen molar-refractivity contribution in [2.75, 3.05) is 40.0 Å². The number of nitrogens with zero attached hydrogens (tertiary/aromatic N) is 2. The van der Waals surface area contributed by atoms with Crippen LogP contribution in [0.4, 0.5) is 0 Å². The monoisotopic (exact) mass is 482 g/mol. The molecule has 0 radical (unpaired) electrons. The number of hydrogen-bond donors (Lipinski definition) is 2. The fourth-order valence-corrected chi connectivity index (χ4v) is 3.24. The molecule has 1 unspecified atom stereocenters. The van der Waals surface area contributed by atoms with Gasteiger partial charge in [-0.25, -0.2) is 4.98 Å². The number of thiazole rings is 1. The van der Waals surface area contributed by atoms with Crippen molar-refractivity contribution < 1.29 is 9.47 Å². The second-order valence-electron chi connectivity index (χ2n) is 6.34. The summed E-state index contributed by atoms with van der Waals surface area (Å²) in [6.45, 7) is 9.19. The molecular formula is C17H31IN4O2S. The summed E-state index contributed by atoms with van der Waals surface area (Å²) < 4.78 is 11.0. The Morgan fingerprint density at radius 3 is 2.96 bits per heavy atom. The zero-order chi connectivity index (χ0) is 17.2. The highest BCUT2D eigenvalue weighted by molar-refractivity contribution is 14.0. The van der Waals surface area contributed by atoms with E-state index in [4.69, 9.17) is 9.47 Å². The Bertz CT molecular complexity index is 505. The molecule has 0 spiro atoms. The first-order chi connectivity index (χ1) is 11.7. The Morgan fingerprint density at radius 1 is 1.48 bits per heavy atom. The molecule has 0 bridgehead atoms. The van der Waals surface area contributed by atoms with Crippen molar-refractivity contribution in [1.82, 2.24) is 15.6 Å². The van der Waals surface area contributed by atoms with E-state index >= 15 is 0 Å². The summed E-state index contributed by atoms with van der Waals surface area (Å²) in [4.78, 5) is 8.86. The molecule has 1 aliphatic rings. The minimum Gasteiger partial charge on any atom is -0.381 e. The van der Waals surface area contributed by atoms with Crippen LogP contribution in [0.1, 0.15) is 43.3 Å². The van der Waals surface area contributed by atoms with E-state index in [2.05, 4.69) is 39.8 Å². The smallest absolute Gasteiger partial charge is 0.191 e. The third-order valence-corrected chi connectivity index (χ3v) is 5.05. The third kappa shape index (κ3) is 8.65. The maximum absolute atomic E-state index is 5.70. The van der Waals surface area contributed by atoms with Crippen LogP contribution in [-0.2, 0) is 16.0 Å². The fourth-order valence-electron chi connectivity index (χ4n) is 2.41. The quantitative estimate of drug-likeness (QED) is 0.245. The Balaban J connectivity index is 0.00000312. The minimum absolute atomic E-state index is 0. The van der Waals surface area contributed by atoms with Gasteiger partial charge in [0.15, 0.2) is 5.96 Å². The van der Waals surface area contributed by atoms with Crippen LogP contribution in [0.25, 0.3) is 0 Å². The topological polar surface area (TPSA) is 67.8 Å². The van der Waals surface area contributed by atoms with Gasteiger partial charge in [0.1, 0.15) is 0 Å². The number of aliphatic imine (C=N–C) groups is 1. The molecule has 1 atom stereocenters. The van der Waals surface area contributed by atoms with Crippen molar-refractivity contribution in [2.45, 2.75) is 39.2 Å². The number of guanidine groups is 1. The van der Waals surface area contributed by atoms with Crippen molar-refractivity contribution in [3.63, 3.8) is 0 Å². The van der Waals surface area contributed by atoms with E-state index in [1.165, 1.54) is 5.01 Å². The first-order valence-corrected chi connectivity index (χ1v) is 9.61. The number of halogens is 1. The molecule has 1 fully saturated rings. The standard InChI is InChI=1S/C17H30N4O2S.HI/c1-13(2)16-21-15(12-24-16)9-20-17(18-3)19-6-4-7-22-10-14-5-8-23-11-14;/h12-14H,4-11H2,1-3H3,(H2,18,19,20);1H. The molecule has 144 valence electrons. The van der Waals surface area contributed by atoms with Crippen molar-refractivity contribution in [3.8, 4) is 0 Å². The summed E-state index contributed by atoms with van der Waals surface area (Å²) in [5, 5.41) is 9.89. The molecule has 8 heteroatoms. The first-order valence-electron chi connectivity index (χ1n) is 8.73. The van der Waals surface area contributed by atoms with Gasteiger partial charge in [-0.1, -0.05) is 13.8 Å². The van der Waals surface area contributed by atoms with Crippen molar-refractivity contribution in [1.29, 1.82) is 0 Å². The van der Waals surface area contributed by atoms with E-state index in [0.717, 1.165) is 57.5 Å². The molecule has 1 aliphatic heterocycles. The highest BCUT2D eigenvalue weighted by atomic mass is 127. The average Bonchev–Trinajstić information content (AvgIpc) is 3.25. The van der Waals surface area contributed by atoms with Gasteiger partial charge >= 0.3 is 0 Å². The van der Waals surface area contributed by atoms with Gasteiger partial charge in [0.2, 0.25) is 0 Å². The van der Waals surface area contributed by atoms with Gasteiger partial charge in [0.05, 0.1) is 30.5 Å². The van der Waals surface area contributed by atoms with Crippen LogP contribution >= 0.6 is 35.3 Å². The maximum Gasteiger partial charge on any atom is 0.191 e. The van der Waals surface area contributed by atoms with Crippen LogP contribution in [0, 0.1) is 5.92 Å². The van der Waals surface area contributed by atoms with Crippen molar-refractivity contribution in [2.24, 2.45) is 10.9 Å². The maximum atomic E-state index is 5.70. The first kappa shape index (κ1) is 22.6. The van der Waals surface area contributed by atoms with E-state index in [0.29, 0.717) is 18.4 Å². The number of aromatic nitrogens is 1. The number of nitrogens with one attached hydrogen (secondary N) is 2. The molecule has 6 nitrogen and oxygen atoms in total. The van der Waals surface area contributed by atoms with E-state index < -0.39 is 0 Å². The number of ether oxygens (including phenoxy) is 2. The molecule has 0 amide bonds. The fraction of sp³-hybridized carbons (Fsp3) is 0.765. The highest BCUT2D eigenvalue weighted by Gasteiger charge is 2.15. The lowest BCUT2D eigenvalue weighted by atomic mass is 10.1. The molecule has 1 saturated heterocycles. The lowest BCUT2D eigenvalue weighted by molar-refractivity contribution is 0.0888. The Morgan fingerprint density at radius 2 is 2.32 bits per heavy atom. The van der Waals surface area contributed by atoms with Crippen LogP contribution in [0.2, 0.25) is 0 Å². The van der Waals surface area contributed by atoms with Crippen LogP contribution < -0.4 is 10.6 Å². The second kappa shape index (κ2) is 12.8. The normalized spacial score (nSPS) is 17.6. The summed E-state index contributed by atoms with van der Waals surface area (Å²) >= 11 is 1.72. The predicted molar refractivity (Wildman–Crippen MR) is 114 cm³/mol. The summed E-state index contributed by atoms with van der Waals surface area (Å²) in [7, 11) is 1.78. The Labute approximate surface area is 172 Å². The van der Waals surface area contributed by atoms with Crippen LogP contribution in [0.3, 0.4) is 0 Å². The Kier molecular flexibility index (Phi) is 11.6. The molecule has 2 N–H and O–H groups in total. The molecular weight excluding hydrogens is 451 g/mol. The Hall–Kier alpha value is -0.450. The van der Waals surface area contributed by atoms with Gasteiger partial charge in [0, 0.05) is 44.0 Å². The summed E-state index contributed by atoms with van der Waals surface area (Å²) in [6, 6.07) is 0. The molecule has 2 rings (SSSR count). The molecule has 0 aromatic carbocycles. The zero-order valence-corrected chi connectivity index (χ0v) is 18.6. The van der Waals surface area contributed by atoms with Crippen LogP contribution in [0.15, 0.2) is 10.4 Å². The highest BCUT2D eigenvalue weighted by Crippen LogP contribution is 2.18. The van der Waals surface area contributed by atoms with Gasteiger partial charge in [-0.05, 0) is 12.8 Å². The summed E-state index contributed by atoms with van der Waals surface area (Å²) in [5.74, 6) is 1.87. The molecule has 0 saturated carbocycles. The van der Waals surface area contributed by atoms with E-state index in [1.54, 1.807) is 18.4 Å². The molecule has 1 aromatic heterocycles. The van der Waals surface area contributed by atoms with Crippen LogP contribution in [-0.4, -0.2) is 51.0 Å². The minimum atomic E-state index is 0. The van der Waals surface area contributed by atoms with Gasteiger partial charge in [0.25, 0.3) is 0 Å². The van der Waals surface area contributed by atoms with Crippen molar-refractivity contribution in [3.05, 3.63) is 16.1 Å². The van der Waals surface area contributed by atoms with Gasteiger partial charge in [-0.15, -0.1) is 35.3 Å². The summed E-state index contributed by atoms with van der Waals surface area (Å²) in [6.07, 6.45) is 2.09. The van der Waals surface area contributed by atoms with Gasteiger partial charge in [-0.3, -0.25) is 4.99 Å². The van der Waals surface area contributed by atoms with Gasteiger partial charge < -0.3 is 20.1 Å². The predicted octanol–water partition coefficient (Wildman–Crippen LogP) is 2.99. The molecule has 25 heavy (non-hydrogen) atoms. The second-order valence-corrected chi connectivity index (χ2v) is 7.23. The number of hydrogen-bond acceptors (Lipinski definition) is 5. The van der Waals surface area contributed by atoms with E-state index in [9.17, 15) is 0 Å². The number of rotatable bonds is 9. The average molecular weight is 482 g/mol. The van der Waals surface area contributed by atoms with E-state index in [-0.39, 0.29) is 24.0 Å². The largest absolute Gasteiger partial charge is 0.381 e. The van der Waals surface area contributed by atoms with Gasteiger partial charge in [-0.2, -0.15) is 0 Å². The lowest BCUT2D eigenvalue weighted by Crippen LogP contribution is -2.37. The molecule has 0 aliphatic carbocycles. The molecule has 2 heterocycles.